The molecule has 3 aromatic carbocycles. The molecule has 104 valence electrons. The van der Waals surface area contributed by atoms with Gasteiger partial charge in [0.05, 0.1) is 0 Å². The molecule has 0 fully saturated rings. The predicted octanol–water partition coefficient (Wildman–Crippen LogP) is 6.12. The minimum Gasteiger partial charge on any atom is -0.0804 e. The van der Waals surface area contributed by atoms with Crippen molar-refractivity contribution in [2.24, 2.45) is 0 Å². The number of aryl methyl sites for hydroxylation is 1. The zero-order chi connectivity index (χ0) is 14.2. The molecule has 0 amide bonds. The van der Waals surface area contributed by atoms with Gasteiger partial charge < -0.3 is 0 Å². The molecule has 3 aromatic rings. The van der Waals surface area contributed by atoms with Crippen LogP contribution in [0, 0.1) is 0 Å². The Labute approximate surface area is 126 Å². The highest BCUT2D eigenvalue weighted by atomic mass is 14.2. The van der Waals surface area contributed by atoms with Gasteiger partial charge in [-0.15, -0.1) is 0 Å². The Morgan fingerprint density at radius 1 is 0.857 bits per heavy atom. The number of allylic oxidation sites excluding steroid dienone is 2. The minimum atomic E-state index is 1.18. The third-order valence-electron chi connectivity index (χ3n) is 4.69. The molecule has 0 spiro atoms. The predicted molar refractivity (Wildman–Crippen MR) is 92.7 cm³/mol. The average Bonchev–Trinajstić information content (AvgIpc) is 2.55. The quantitative estimate of drug-likeness (QED) is 0.493. The molecule has 0 saturated carbocycles. The van der Waals surface area contributed by atoms with Gasteiger partial charge in [-0.2, -0.15) is 0 Å². The van der Waals surface area contributed by atoms with E-state index in [0.29, 0.717) is 0 Å². The van der Waals surface area contributed by atoms with Crippen molar-refractivity contribution < 1.29 is 0 Å². The van der Waals surface area contributed by atoms with Gasteiger partial charge in [-0.3, -0.25) is 0 Å². The van der Waals surface area contributed by atoms with E-state index in [0.717, 1.165) is 0 Å². The summed E-state index contributed by atoms with van der Waals surface area (Å²) >= 11 is 0. The maximum absolute atomic E-state index is 2.44. The Morgan fingerprint density at radius 3 is 2.62 bits per heavy atom. The molecule has 0 nitrogen and oxygen atoms in total. The van der Waals surface area contributed by atoms with Gasteiger partial charge >= 0.3 is 0 Å². The maximum atomic E-state index is 2.44. The van der Waals surface area contributed by atoms with Crippen molar-refractivity contribution in [2.45, 2.75) is 32.6 Å². The maximum Gasteiger partial charge on any atom is -0.0102 e. The van der Waals surface area contributed by atoms with E-state index in [1.165, 1.54) is 52.8 Å². The Morgan fingerprint density at radius 2 is 1.71 bits per heavy atom. The van der Waals surface area contributed by atoms with Crippen LogP contribution in [0.1, 0.15) is 37.3 Å². The van der Waals surface area contributed by atoms with E-state index in [2.05, 4.69) is 61.5 Å². The second-order valence-corrected chi connectivity index (χ2v) is 5.99. The van der Waals surface area contributed by atoms with Crippen molar-refractivity contribution >= 4 is 27.1 Å². The molecular weight excluding hydrogens is 252 g/mol. The molecule has 0 heterocycles. The lowest BCUT2D eigenvalue weighted by Crippen LogP contribution is -2.01. The van der Waals surface area contributed by atoms with Gasteiger partial charge in [-0.1, -0.05) is 68.0 Å². The lowest BCUT2D eigenvalue weighted by atomic mass is 9.84. The Kier molecular flexibility index (Phi) is 3.03. The number of hydrogen-bond donors (Lipinski definition) is 0. The van der Waals surface area contributed by atoms with Gasteiger partial charge in [0.15, 0.2) is 0 Å². The summed E-state index contributed by atoms with van der Waals surface area (Å²) in [6.45, 7) is 2.27. The Balaban J connectivity index is 2.02. The second-order valence-electron chi connectivity index (χ2n) is 5.99. The van der Waals surface area contributed by atoms with Crippen molar-refractivity contribution in [1.29, 1.82) is 0 Å². The van der Waals surface area contributed by atoms with Crippen molar-refractivity contribution in [3.05, 3.63) is 65.7 Å². The van der Waals surface area contributed by atoms with E-state index in [4.69, 9.17) is 0 Å². The van der Waals surface area contributed by atoms with Gasteiger partial charge in [0, 0.05) is 0 Å². The molecule has 21 heavy (non-hydrogen) atoms. The SMILES string of the molecule is CCCC1=CCCc2c1ccc1c2ccc2ccccc21. The number of benzene rings is 3. The summed E-state index contributed by atoms with van der Waals surface area (Å²) in [5, 5.41) is 5.58. The minimum absolute atomic E-state index is 1.18. The standard InChI is InChI=1S/C21H20/c1-2-6-15-8-5-10-19-18(15)13-14-20-17-9-4-3-7-16(17)11-12-21(19)20/h3-4,7-9,11-14H,2,5-6,10H2,1H3. The smallest absolute Gasteiger partial charge is 0.0102 e. The fourth-order valence-electron chi connectivity index (χ4n) is 3.73. The normalized spacial score (nSPS) is 14.2. The third kappa shape index (κ3) is 1.98. The molecule has 1 aliphatic rings. The Bertz CT molecular complexity index is 852. The number of hydrogen-bond acceptors (Lipinski definition) is 0. The zero-order valence-corrected chi connectivity index (χ0v) is 12.5. The van der Waals surface area contributed by atoms with Gasteiger partial charge in [-0.25, -0.2) is 0 Å². The van der Waals surface area contributed by atoms with E-state index in [9.17, 15) is 0 Å². The summed E-state index contributed by atoms with van der Waals surface area (Å²) in [6.07, 6.45) is 7.23. The zero-order valence-electron chi connectivity index (χ0n) is 12.5. The summed E-state index contributed by atoms with van der Waals surface area (Å²) < 4.78 is 0. The average molecular weight is 272 g/mol. The third-order valence-corrected chi connectivity index (χ3v) is 4.69. The lowest BCUT2D eigenvalue weighted by molar-refractivity contribution is 0.926. The molecule has 1 aliphatic carbocycles. The molecule has 0 bridgehead atoms. The van der Waals surface area contributed by atoms with Gasteiger partial charge in [0.2, 0.25) is 0 Å². The Hall–Kier alpha value is -2.08. The monoisotopic (exact) mass is 272 g/mol. The summed E-state index contributed by atoms with van der Waals surface area (Å²) in [5.41, 5.74) is 4.60. The molecule has 0 aromatic heterocycles. The largest absolute Gasteiger partial charge is 0.0804 e. The molecule has 0 aliphatic heterocycles. The fourth-order valence-corrected chi connectivity index (χ4v) is 3.73. The van der Waals surface area contributed by atoms with Crippen molar-refractivity contribution in [3.8, 4) is 0 Å². The van der Waals surface area contributed by atoms with Gasteiger partial charge in [0.1, 0.15) is 0 Å². The molecule has 0 N–H and O–H groups in total. The number of fused-ring (bicyclic) bond motifs is 5. The van der Waals surface area contributed by atoms with Crippen LogP contribution in [-0.2, 0) is 6.42 Å². The summed E-state index contributed by atoms with van der Waals surface area (Å²) in [5.74, 6) is 0. The number of rotatable bonds is 2. The first-order valence-corrected chi connectivity index (χ1v) is 8.01. The summed E-state index contributed by atoms with van der Waals surface area (Å²) in [6, 6.07) is 18.0. The second kappa shape index (κ2) is 5.04. The highest BCUT2D eigenvalue weighted by molar-refractivity contribution is 6.09. The molecule has 4 rings (SSSR count). The van der Waals surface area contributed by atoms with Crippen molar-refractivity contribution in [2.75, 3.05) is 0 Å². The van der Waals surface area contributed by atoms with E-state index in [1.807, 2.05) is 0 Å². The van der Waals surface area contributed by atoms with Crippen LogP contribution >= 0.6 is 0 Å². The topological polar surface area (TPSA) is 0 Å². The highest BCUT2D eigenvalue weighted by Gasteiger charge is 2.15. The molecule has 0 heteroatoms. The van der Waals surface area contributed by atoms with Crippen LogP contribution < -0.4 is 0 Å². The molecule has 0 radical (unpaired) electrons. The molecule has 0 unspecified atom stereocenters. The van der Waals surface area contributed by atoms with Gasteiger partial charge in [-0.05, 0) is 57.5 Å². The molecule has 0 saturated heterocycles. The highest BCUT2D eigenvalue weighted by Crippen LogP contribution is 2.36. The first-order valence-electron chi connectivity index (χ1n) is 8.01. The summed E-state index contributed by atoms with van der Waals surface area (Å²) in [7, 11) is 0. The van der Waals surface area contributed by atoms with Crippen LogP contribution in [0.5, 0.6) is 0 Å². The van der Waals surface area contributed by atoms with Crippen LogP contribution in [0.2, 0.25) is 0 Å². The van der Waals surface area contributed by atoms with E-state index >= 15 is 0 Å². The van der Waals surface area contributed by atoms with Crippen LogP contribution in [0.15, 0.2) is 54.6 Å². The van der Waals surface area contributed by atoms with Crippen molar-refractivity contribution in [3.63, 3.8) is 0 Å². The van der Waals surface area contributed by atoms with Crippen LogP contribution in [0.3, 0.4) is 0 Å². The molecule has 0 atom stereocenters. The van der Waals surface area contributed by atoms with Crippen LogP contribution in [-0.4, -0.2) is 0 Å². The lowest BCUT2D eigenvalue weighted by Gasteiger charge is -2.20. The molecular formula is C21H20. The summed E-state index contributed by atoms with van der Waals surface area (Å²) in [4.78, 5) is 0. The van der Waals surface area contributed by atoms with Crippen LogP contribution in [0.25, 0.3) is 27.1 Å². The van der Waals surface area contributed by atoms with E-state index in [1.54, 1.807) is 11.1 Å². The first kappa shape index (κ1) is 12.6. The van der Waals surface area contributed by atoms with E-state index < -0.39 is 0 Å². The van der Waals surface area contributed by atoms with Crippen LogP contribution in [0.4, 0.5) is 0 Å². The van der Waals surface area contributed by atoms with Gasteiger partial charge in [0.25, 0.3) is 0 Å². The first-order chi connectivity index (χ1) is 10.4. The van der Waals surface area contributed by atoms with Crippen molar-refractivity contribution in [1.82, 2.24) is 0 Å². The van der Waals surface area contributed by atoms with E-state index in [-0.39, 0.29) is 0 Å². The fraction of sp³-hybridized carbons (Fsp3) is 0.238.